The van der Waals surface area contributed by atoms with E-state index < -0.39 is 0 Å². The molecule has 0 aliphatic rings. The third-order valence-corrected chi connectivity index (χ3v) is 2.99. The van der Waals surface area contributed by atoms with E-state index in [1.165, 1.54) is 0 Å². The van der Waals surface area contributed by atoms with Crippen LogP contribution in [0.3, 0.4) is 0 Å². The highest BCUT2D eigenvalue weighted by atomic mass is 15.2. The van der Waals surface area contributed by atoms with Crippen molar-refractivity contribution in [2.75, 3.05) is 0 Å². The number of aromatic nitrogens is 1. The topological polar surface area (TPSA) is 77.3 Å². The van der Waals surface area contributed by atoms with Gasteiger partial charge in [-0.2, -0.15) is 5.10 Å². The third kappa shape index (κ3) is 1.55. The molecular weight excluding hydrogens is 224 g/mol. The predicted octanol–water partition coefficient (Wildman–Crippen LogP) is 1.97. The Labute approximate surface area is 104 Å². The molecule has 1 aromatic heterocycles. The van der Waals surface area contributed by atoms with Gasteiger partial charge in [0.05, 0.1) is 5.52 Å². The van der Waals surface area contributed by atoms with Crippen molar-refractivity contribution in [3.8, 4) is 0 Å². The van der Waals surface area contributed by atoms with Gasteiger partial charge in [-0.25, -0.2) is 4.98 Å². The average molecular weight is 236 g/mol. The Bertz CT molecular complexity index is 762. The van der Waals surface area contributed by atoms with Crippen molar-refractivity contribution in [3.63, 3.8) is 0 Å². The van der Waals surface area contributed by atoms with E-state index >= 15 is 0 Å². The van der Waals surface area contributed by atoms with Crippen LogP contribution >= 0.6 is 0 Å². The summed E-state index contributed by atoms with van der Waals surface area (Å²) in [7, 11) is 0. The molecule has 18 heavy (non-hydrogen) atoms. The van der Waals surface area contributed by atoms with Crippen LogP contribution in [0, 0.1) is 0 Å². The van der Waals surface area contributed by atoms with Gasteiger partial charge in [0.25, 0.3) is 0 Å². The van der Waals surface area contributed by atoms with Crippen LogP contribution in [0.4, 0.5) is 0 Å². The molecule has 0 aliphatic carbocycles. The van der Waals surface area contributed by atoms with E-state index in [0.29, 0.717) is 5.69 Å². The fourth-order valence-corrected chi connectivity index (χ4v) is 2.07. The van der Waals surface area contributed by atoms with Crippen LogP contribution in [0.5, 0.6) is 0 Å². The lowest BCUT2D eigenvalue weighted by Crippen LogP contribution is -2.17. The number of hydrazone groups is 1. The van der Waals surface area contributed by atoms with Crippen molar-refractivity contribution < 1.29 is 0 Å². The van der Waals surface area contributed by atoms with Crippen molar-refractivity contribution in [1.29, 1.82) is 0 Å². The Kier molecular flexibility index (Phi) is 2.34. The average Bonchev–Trinajstić information content (AvgIpc) is 2.45. The van der Waals surface area contributed by atoms with Crippen molar-refractivity contribution in [3.05, 3.63) is 54.2 Å². The summed E-state index contributed by atoms with van der Waals surface area (Å²) in [6.45, 7) is 0. The lowest BCUT2D eigenvalue weighted by Gasteiger charge is -2.05. The molecule has 0 bridgehead atoms. The van der Waals surface area contributed by atoms with Gasteiger partial charge >= 0.3 is 0 Å². The summed E-state index contributed by atoms with van der Waals surface area (Å²) >= 11 is 0. The zero-order chi connectivity index (χ0) is 12.5. The van der Waals surface area contributed by atoms with Gasteiger partial charge in [0, 0.05) is 10.8 Å². The van der Waals surface area contributed by atoms with Gasteiger partial charge in [0.15, 0.2) is 5.84 Å². The molecule has 88 valence electrons. The number of fused-ring (bicyclic) bond motifs is 3. The van der Waals surface area contributed by atoms with E-state index in [-0.39, 0.29) is 5.84 Å². The van der Waals surface area contributed by atoms with Crippen molar-refractivity contribution in [2.24, 2.45) is 16.7 Å². The molecule has 4 heteroatoms. The number of hydrogen-bond donors (Lipinski definition) is 2. The van der Waals surface area contributed by atoms with E-state index in [0.717, 1.165) is 21.7 Å². The Morgan fingerprint density at radius 3 is 2.50 bits per heavy atom. The zero-order valence-electron chi connectivity index (χ0n) is 9.67. The van der Waals surface area contributed by atoms with Gasteiger partial charge in [-0.15, -0.1) is 0 Å². The van der Waals surface area contributed by atoms with E-state index in [1.54, 1.807) is 0 Å². The molecule has 0 atom stereocenters. The second-order valence-corrected chi connectivity index (χ2v) is 4.07. The van der Waals surface area contributed by atoms with E-state index in [9.17, 15) is 0 Å². The lowest BCUT2D eigenvalue weighted by atomic mass is 10.1. The van der Waals surface area contributed by atoms with Crippen LogP contribution in [0.25, 0.3) is 21.7 Å². The second kappa shape index (κ2) is 4.00. The Balaban J connectivity index is 2.40. The van der Waals surface area contributed by atoms with Gasteiger partial charge in [0.2, 0.25) is 0 Å². The first-order chi connectivity index (χ1) is 8.79. The number of nitrogens with zero attached hydrogens (tertiary/aromatic N) is 2. The number of hydrogen-bond acceptors (Lipinski definition) is 3. The number of nitrogens with two attached hydrogens (primary N) is 2. The van der Waals surface area contributed by atoms with Crippen molar-refractivity contribution >= 4 is 27.5 Å². The minimum Gasteiger partial charge on any atom is -0.380 e. The molecule has 3 aromatic rings. The summed E-state index contributed by atoms with van der Waals surface area (Å²) in [4.78, 5) is 4.54. The summed E-state index contributed by atoms with van der Waals surface area (Å²) in [6, 6.07) is 16.0. The quantitative estimate of drug-likeness (QED) is 0.223. The minimum absolute atomic E-state index is 0.241. The molecule has 4 nitrogen and oxygen atoms in total. The molecule has 1 heterocycles. The van der Waals surface area contributed by atoms with E-state index in [4.69, 9.17) is 11.6 Å². The molecule has 3 rings (SSSR count). The van der Waals surface area contributed by atoms with Gasteiger partial charge < -0.3 is 11.6 Å². The van der Waals surface area contributed by atoms with Crippen molar-refractivity contribution in [2.45, 2.75) is 0 Å². The first-order valence-corrected chi connectivity index (χ1v) is 5.62. The molecule has 0 aliphatic heterocycles. The van der Waals surface area contributed by atoms with Gasteiger partial charge in [-0.1, -0.05) is 42.5 Å². The Hall–Kier alpha value is -2.62. The molecule has 2 aromatic carbocycles. The molecule has 0 fully saturated rings. The Morgan fingerprint density at radius 2 is 1.67 bits per heavy atom. The summed E-state index contributed by atoms with van der Waals surface area (Å²) in [5.74, 6) is 5.42. The van der Waals surface area contributed by atoms with Gasteiger partial charge in [-0.05, 0) is 11.5 Å². The van der Waals surface area contributed by atoms with Gasteiger partial charge in [-0.3, -0.25) is 0 Å². The SMILES string of the molecule is NN=C(N)c1ccc2ccc3ccccc3c2n1. The maximum atomic E-state index is 5.69. The normalized spacial score (nSPS) is 12.1. The first-order valence-electron chi connectivity index (χ1n) is 5.62. The van der Waals surface area contributed by atoms with Gasteiger partial charge in [0.1, 0.15) is 5.69 Å². The predicted molar refractivity (Wildman–Crippen MR) is 74.2 cm³/mol. The molecular formula is C14H12N4. The highest BCUT2D eigenvalue weighted by Crippen LogP contribution is 2.23. The number of benzene rings is 2. The molecule has 0 unspecified atom stereocenters. The zero-order valence-corrected chi connectivity index (χ0v) is 9.67. The number of rotatable bonds is 1. The molecule has 0 saturated carbocycles. The third-order valence-electron chi connectivity index (χ3n) is 2.99. The van der Waals surface area contributed by atoms with Crippen LogP contribution < -0.4 is 11.6 Å². The summed E-state index contributed by atoms with van der Waals surface area (Å²) in [6.07, 6.45) is 0. The molecule has 0 spiro atoms. The van der Waals surface area contributed by atoms with E-state index in [1.807, 2.05) is 36.4 Å². The summed E-state index contributed by atoms with van der Waals surface area (Å²) in [5.41, 5.74) is 7.20. The van der Waals surface area contributed by atoms with Crippen LogP contribution in [0.2, 0.25) is 0 Å². The lowest BCUT2D eigenvalue weighted by molar-refractivity contribution is 1.21. The molecule has 0 saturated heterocycles. The smallest absolute Gasteiger partial charge is 0.168 e. The highest BCUT2D eigenvalue weighted by Gasteiger charge is 2.05. The highest BCUT2D eigenvalue weighted by molar-refractivity contribution is 6.07. The molecule has 0 amide bonds. The maximum Gasteiger partial charge on any atom is 0.168 e. The first kappa shape index (κ1) is 10.5. The fourth-order valence-electron chi connectivity index (χ4n) is 2.07. The van der Waals surface area contributed by atoms with E-state index in [2.05, 4.69) is 22.2 Å². The van der Waals surface area contributed by atoms with Crippen molar-refractivity contribution in [1.82, 2.24) is 4.98 Å². The van der Waals surface area contributed by atoms with Crippen LogP contribution in [-0.4, -0.2) is 10.8 Å². The minimum atomic E-state index is 0.241. The Morgan fingerprint density at radius 1 is 0.944 bits per heavy atom. The van der Waals surface area contributed by atoms with Crippen LogP contribution in [0.15, 0.2) is 53.6 Å². The fraction of sp³-hybridized carbons (Fsp3) is 0. The second-order valence-electron chi connectivity index (χ2n) is 4.07. The summed E-state index contributed by atoms with van der Waals surface area (Å²) in [5, 5.41) is 6.80. The van der Waals surface area contributed by atoms with Crippen LogP contribution in [-0.2, 0) is 0 Å². The maximum absolute atomic E-state index is 5.69. The molecule has 4 N–H and O–H groups in total. The number of pyridine rings is 1. The molecule has 0 radical (unpaired) electrons. The number of amidine groups is 1. The summed E-state index contributed by atoms with van der Waals surface area (Å²) < 4.78 is 0. The van der Waals surface area contributed by atoms with Crippen LogP contribution in [0.1, 0.15) is 5.69 Å². The monoisotopic (exact) mass is 236 g/mol. The largest absolute Gasteiger partial charge is 0.380 e. The standard InChI is InChI=1S/C14H12N4/c15-14(18-16)12-8-7-10-6-5-9-3-1-2-4-11(9)13(10)17-12/h1-8H,16H2,(H2,15,18).